The molecule has 0 aromatic heterocycles. The highest BCUT2D eigenvalue weighted by atomic mass is 19.1. The number of hydrogen-bond donors (Lipinski definition) is 1. The molecule has 3 rings (SSSR count). The smallest absolute Gasteiger partial charge is 0.260 e. The number of carbonyl (C=O) groups is 1. The minimum absolute atomic E-state index is 0.0303. The van der Waals surface area contributed by atoms with E-state index in [-0.39, 0.29) is 31.4 Å². The molecular formula is C18H18FNO4. The van der Waals surface area contributed by atoms with Crippen LogP contribution in [0.3, 0.4) is 0 Å². The van der Waals surface area contributed by atoms with Crippen LogP contribution < -0.4 is 9.47 Å². The molecule has 0 radical (unpaired) electrons. The third kappa shape index (κ3) is 3.83. The van der Waals surface area contributed by atoms with E-state index in [1.165, 1.54) is 17.0 Å². The molecule has 1 aliphatic rings. The van der Waals surface area contributed by atoms with Crippen LogP contribution in [0.2, 0.25) is 0 Å². The van der Waals surface area contributed by atoms with E-state index in [9.17, 15) is 14.3 Å². The van der Waals surface area contributed by atoms with Crippen LogP contribution in [-0.2, 0) is 4.79 Å². The second-order valence-corrected chi connectivity index (χ2v) is 5.55. The number of hydrogen-bond acceptors (Lipinski definition) is 4. The van der Waals surface area contributed by atoms with Gasteiger partial charge in [-0.15, -0.1) is 0 Å². The number of halogens is 1. The second-order valence-electron chi connectivity index (χ2n) is 5.55. The first-order chi connectivity index (χ1) is 11.6. The van der Waals surface area contributed by atoms with E-state index in [0.29, 0.717) is 5.75 Å². The fraction of sp³-hybridized carbons (Fsp3) is 0.278. The Kier molecular flexibility index (Phi) is 4.96. The van der Waals surface area contributed by atoms with Crippen LogP contribution >= 0.6 is 0 Å². The highest BCUT2D eigenvalue weighted by Gasteiger charge is 2.35. The Morgan fingerprint density at radius 3 is 2.58 bits per heavy atom. The van der Waals surface area contributed by atoms with Crippen molar-refractivity contribution in [3.05, 3.63) is 60.4 Å². The summed E-state index contributed by atoms with van der Waals surface area (Å²) in [7, 11) is 0. The Morgan fingerprint density at radius 1 is 1.12 bits per heavy atom. The van der Waals surface area contributed by atoms with Crippen LogP contribution in [0.25, 0.3) is 0 Å². The summed E-state index contributed by atoms with van der Waals surface area (Å²) in [6.45, 7) is 0.137. The molecule has 0 saturated carbocycles. The van der Waals surface area contributed by atoms with Crippen molar-refractivity contribution in [1.82, 2.24) is 4.90 Å². The maximum atomic E-state index is 13.5. The average molecular weight is 331 g/mol. The lowest BCUT2D eigenvalue weighted by Gasteiger charge is -2.17. The van der Waals surface area contributed by atoms with Gasteiger partial charge >= 0.3 is 0 Å². The summed E-state index contributed by atoms with van der Waals surface area (Å²) in [5.74, 6) is -0.172. The molecule has 0 aliphatic carbocycles. The van der Waals surface area contributed by atoms with Gasteiger partial charge in [0.1, 0.15) is 18.0 Å². The Labute approximate surface area is 139 Å². The number of aliphatic hydroxyl groups excluding tert-OH is 1. The predicted octanol–water partition coefficient (Wildman–Crippen LogP) is 1.86. The summed E-state index contributed by atoms with van der Waals surface area (Å²) in [6.07, 6.45) is -1.27. The number of para-hydroxylation sites is 2. The predicted molar refractivity (Wildman–Crippen MR) is 85.3 cm³/mol. The van der Waals surface area contributed by atoms with Gasteiger partial charge in [-0.3, -0.25) is 4.79 Å². The van der Waals surface area contributed by atoms with Crippen molar-refractivity contribution < 1.29 is 23.8 Å². The first kappa shape index (κ1) is 16.3. The van der Waals surface area contributed by atoms with E-state index in [4.69, 9.17) is 9.47 Å². The number of benzene rings is 2. The summed E-state index contributed by atoms with van der Waals surface area (Å²) in [5, 5.41) is 10.1. The number of likely N-dealkylation sites (tertiary alicyclic amines) is 1. The van der Waals surface area contributed by atoms with E-state index in [2.05, 4.69) is 0 Å². The molecule has 2 atom stereocenters. The molecule has 1 N–H and O–H groups in total. The van der Waals surface area contributed by atoms with Crippen LogP contribution in [0, 0.1) is 5.82 Å². The van der Waals surface area contributed by atoms with Gasteiger partial charge in [0.2, 0.25) is 0 Å². The van der Waals surface area contributed by atoms with E-state index < -0.39 is 18.0 Å². The summed E-state index contributed by atoms with van der Waals surface area (Å²) < 4.78 is 24.4. The second kappa shape index (κ2) is 7.31. The van der Waals surface area contributed by atoms with E-state index in [1.807, 2.05) is 18.2 Å². The van der Waals surface area contributed by atoms with Gasteiger partial charge in [-0.1, -0.05) is 30.3 Å². The maximum absolute atomic E-state index is 13.5. The van der Waals surface area contributed by atoms with Crippen molar-refractivity contribution in [2.24, 2.45) is 0 Å². The molecule has 126 valence electrons. The van der Waals surface area contributed by atoms with Crippen molar-refractivity contribution in [3.63, 3.8) is 0 Å². The lowest BCUT2D eigenvalue weighted by molar-refractivity contribution is -0.132. The molecule has 5 nitrogen and oxygen atoms in total. The van der Waals surface area contributed by atoms with E-state index in [1.54, 1.807) is 24.3 Å². The van der Waals surface area contributed by atoms with Gasteiger partial charge in [-0.2, -0.15) is 0 Å². The van der Waals surface area contributed by atoms with E-state index in [0.717, 1.165) is 0 Å². The normalized spacial score (nSPS) is 20.0. The molecule has 0 unspecified atom stereocenters. The first-order valence-corrected chi connectivity index (χ1v) is 7.68. The minimum Gasteiger partial charge on any atom is -0.486 e. The van der Waals surface area contributed by atoms with Gasteiger partial charge in [-0.05, 0) is 24.3 Å². The number of amides is 1. The minimum atomic E-state index is -0.775. The molecule has 1 heterocycles. The zero-order chi connectivity index (χ0) is 16.9. The van der Waals surface area contributed by atoms with Crippen LogP contribution in [0.15, 0.2) is 54.6 Å². The molecule has 1 fully saturated rings. The van der Waals surface area contributed by atoms with Crippen LogP contribution in [0.4, 0.5) is 4.39 Å². The van der Waals surface area contributed by atoms with Gasteiger partial charge < -0.3 is 19.5 Å². The molecule has 2 aromatic rings. The fourth-order valence-electron chi connectivity index (χ4n) is 2.54. The molecular weight excluding hydrogens is 313 g/mol. The summed E-state index contributed by atoms with van der Waals surface area (Å²) in [4.78, 5) is 13.6. The largest absolute Gasteiger partial charge is 0.486 e. The lowest BCUT2D eigenvalue weighted by Crippen LogP contribution is -2.34. The first-order valence-electron chi connectivity index (χ1n) is 7.68. The number of β-amino-alcohol motifs (C(OH)–C–C–N with tert-alkyl or cyclic N) is 1. The van der Waals surface area contributed by atoms with Gasteiger partial charge in [0.15, 0.2) is 18.2 Å². The number of aliphatic hydroxyl groups is 1. The van der Waals surface area contributed by atoms with Gasteiger partial charge in [0.25, 0.3) is 5.91 Å². The summed E-state index contributed by atoms with van der Waals surface area (Å²) >= 11 is 0. The SMILES string of the molecule is O=C(COc1ccccc1F)N1C[C@@H](O)[C@H](Oc2ccccc2)C1. The number of ether oxygens (including phenoxy) is 2. The zero-order valence-corrected chi connectivity index (χ0v) is 13.0. The van der Waals surface area contributed by atoms with Crippen LogP contribution in [0.5, 0.6) is 11.5 Å². The van der Waals surface area contributed by atoms with Gasteiger partial charge in [0, 0.05) is 0 Å². The highest BCUT2D eigenvalue weighted by molar-refractivity contribution is 5.78. The molecule has 2 aromatic carbocycles. The lowest BCUT2D eigenvalue weighted by atomic mass is 10.2. The Bertz CT molecular complexity index is 694. The fourth-order valence-corrected chi connectivity index (χ4v) is 2.54. The number of rotatable bonds is 5. The van der Waals surface area contributed by atoms with Crippen molar-refractivity contribution in [2.45, 2.75) is 12.2 Å². The van der Waals surface area contributed by atoms with Crippen molar-refractivity contribution in [1.29, 1.82) is 0 Å². The Hall–Kier alpha value is -2.60. The Balaban J connectivity index is 1.54. The van der Waals surface area contributed by atoms with Crippen molar-refractivity contribution in [2.75, 3.05) is 19.7 Å². The third-order valence-electron chi connectivity index (χ3n) is 3.81. The Morgan fingerprint density at radius 2 is 1.83 bits per heavy atom. The third-order valence-corrected chi connectivity index (χ3v) is 3.81. The topological polar surface area (TPSA) is 59.0 Å². The average Bonchev–Trinajstić information content (AvgIpc) is 2.96. The van der Waals surface area contributed by atoms with Gasteiger partial charge in [-0.25, -0.2) is 4.39 Å². The van der Waals surface area contributed by atoms with Crippen molar-refractivity contribution in [3.8, 4) is 11.5 Å². The van der Waals surface area contributed by atoms with E-state index >= 15 is 0 Å². The summed E-state index contributed by atoms with van der Waals surface area (Å²) in [5.41, 5.74) is 0. The standard InChI is InChI=1S/C18H18FNO4/c19-14-8-4-5-9-16(14)23-12-18(22)20-10-15(21)17(11-20)24-13-6-2-1-3-7-13/h1-9,15,17,21H,10-12H2/t15-,17-/m1/s1. The van der Waals surface area contributed by atoms with Crippen LogP contribution in [0.1, 0.15) is 0 Å². The van der Waals surface area contributed by atoms with Crippen molar-refractivity contribution >= 4 is 5.91 Å². The summed E-state index contributed by atoms with van der Waals surface area (Å²) in [6, 6.07) is 15.0. The highest BCUT2D eigenvalue weighted by Crippen LogP contribution is 2.19. The molecule has 1 saturated heterocycles. The van der Waals surface area contributed by atoms with Crippen LogP contribution in [-0.4, -0.2) is 47.8 Å². The number of nitrogens with zero attached hydrogens (tertiary/aromatic N) is 1. The molecule has 1 amide bonds. The monoisotopic (exact) mass is 331 g/mol. The number of carbonyl (C=O) groups excluding carboxylic acids is 1. The molecule has 1 aliphatic heterocycles. The zero-order valence-electron chi connectivity index (χ0n) is 13.0. The quantitative estimate of drug-likeness (QED) is 0.908. The maximum Gasteiger partial charge on any atom is 0.260 e. The molecule has 6 heteroatoms. The van der Waals surface area contributed by atoms with Gasteiger partial charge in [0.05, 0.1) is 13.1 Å². The molecule has 24 heavy (non-hydrogen) atoms. The molecule has 0 spiro atoms. The molecule has 0 bridgehead atoms.